The average molecular weight is 353 g/mol. The van der Waals surface area contributed by atoms with Crippen molar-refractivity contribution in [2.24, 2.45) is 5.84 Å². The third-order valence-electron chi connectivity index (χ3n) is 3.54. The molecule has 0 spiro atoms. The van der Waals surface area contributed by atoms with Crippen LogP contribution in [0.15, 0.2) is 40.9 Å². The second-order valence-corrected chi connectivity index (χ2v) is 5.70. The number of ether oxygens (including phenoxy) is 1. The third kappa shape index (κ3) is 3.61. The summed E-state index contributed by atoms with van der Waals surface area (Å²) in [6, 6.07) is 10.8. The van der Waals surface area contributed by atoms with Crippen molar-refractivity contribution in [1.29, 1.82) is 0 Å². The van der Waals surface area contributed by atoms with Gasteiger partial charge in [0.2, 0.25) is 0 Å². The standard InChI is InChI=1S/C16H18BrFN2O/c1-10-12(4-3-5-13(10)17)15(20-19)9-11-6-7-16(21-2)14(18)8-11/h3-8,15,20H,9,19H2,1-2H3. The van der Waals surface area contributed by atoms with Crippen molar-refractivity contribution in [1.82, 2.24) is 5.43 Å². The van der Waals surface area contributed by atoms with Gasteiger partial charge in [-0.15, -0.1) is 0 Å². The summed E-state index contributed by atoms with van der Waals surface area (Å²) >= 11 is 3.51. The molecular weight excluding hydrogens is 335 g/mol. The van der Waals surface area contributed by atoms with Crippen molar-refractivity contribution in [2.45, 2.75) is 19.4 Å². The molecule has 1 atom stereocenters. The summed E-state index contributed by atoms with van der Waals surface area (Å²) in [5.74, 6) is 5.56. The maximum absolute atomic E-state index is 13.8. The SMILES string of the molecule is COc1ccc(CC(NN)c2cccc(Br)c2C)cc1F. The molecule has 3 N–H and O–H groups in total. The van der Waals surface area contributed by atoms with Crippen LogP contribution in [0.5, 0.6) is 5.75 Å². The molecule has 0 amide bonds. The van der Waals surface area contributed by atoms with E-state index in [0.29, 0.717) is 6.42 Å². The molecule has 112 valence electrons. The Morgan fingerprint density at radius 2 is 2.10 bits per heavy atom. The minimum Gasteiger partial charge on any atom is -0.494 e. The normalized spacial score (nSPS) is 12.2. The van der Waals surface area contributed by atoms with E-state index in [-0.39, 0.29) is 17.6 Å². The van der Waals surface area contributed by atoms with Gasteiger partial charge in [0.1, 0.15) is 0 Å². The lowest BCUT2D eigenvalue weighted by atomic mass is 9.96. The Hall–Kier alpha value is -1.43. The molecule has 0 heterocycles. The van der Waals surface area contributed by atoms with Gasteiger partial charge in [-0.05, 0) is 48.2 Å². The average Bonchev–Trinajstić information content (AvgIpc) is 2.48. The molecule has 3 nitrogen and oxygen atoms in total. The second-order valence-electron chi connectivity index (χ2n) is 4.85. The number of nitrogens with two attached hydrogens (primary N) is 1. The predicted octanol–water partition coefficient (Wildman–Crippen LogP) is 3.65. The van der Waals surface area contributed by atoms with E-state index in [1.165, 1.54) is 13.2 Å². The van der Waals surface area contributed by atoms with Gasteiger partial charge in [0.25, 0.3) is 0 Å². The lowest BCUT2D eigenvalue weighted by Gasteiger charge is -2.19. The number of hydrogen-bond donors (Lipinski definition) is 2. The monoisotopic (exact) mass is 352 g/mol. The summed E-state index contributed by atoms with van der Waals surface area (Å²) in [5.41, 5.74) is 5.87. The summed E-state index contributed by atoms with van der Waals surface area (Å²) < 4.78 is 19.7. The van der Waals surface area contributed by atoms with E-state index in [0.717, 1.165) is 21.2 Å². The number of methoxy groups -OCH3 is 1. The van der Waals surface area contributed by atoms with Gasteiger partial charge in [-0.25, -0.2) is 4.39 Å². The smallest absolute Gasteiger partial charge is 0.165 e. The van der Waals surface area contributed by atoms with Crippen LogP contribution in [0.4, 0.5) is 4.39 Å². The highest BCUT2D eigenvalue weighted by Crippen LogP contribution is 2.27. The lowest BCUT2D eigenvalue weighted by Crippen LogP contribution is -2.30. The Morgan fingerprint density at radius 3 is 2.71 bits per heavy atom. The number of benzene rings is 2. The maximum Gasteiger partial charge on any atom is 0.165 e. The fourth-order valence-electron chi connectivity index (χ4n) is 2.33. The molecule has 0 aliphatic heterocycles. The molecular formula is C16H18BrFN2O. The topological polar surface area (TPSA) is 47.3 Å². The van der Waals surface area contributed by atoms with E-state index in [9.17, 15) is 4.39 Å². The lowest BCUT2D eigenvalue weighted by molar-refractivity contribution is 0.386. The molecule has 0 aliphatic rings. The summed E-state index contributed by atoms with van der Waals surface area (Å²) in [4.78, 5) is 0. The van der Waals surface area contributed by atoms with Crippen LogP contribution in [-0.2, 0) is 6.42 Å². The van der Waals surface area contributed by atoms with E-state index >= 15 is 0 Å². The fraction of sp³-hybridized carbons (Fsp3) is 0.250. The Bertz CT molecular complexity index is 634. The van der Waals surface area contributed by atoms with Gasteiger partial charge in [-0.1, -0.05) is 34.1 Å². The van der Waals surface area contributed by atoms with E-state index in [2.05, 4.69) is 21.4 Å². The first-order valence-corrected chi connectivity index (χ1v) is 7.39. The molecule has 1 unspecified atom stereocenters. The van der Waals surface area contributed by atoms with Crippen LogP contribution in [0.2, 0.25) is 0 Å². The van der Waals surface area contributed by atoms with Crippen molar-refractivity contribution in [3.05, 3.63) is 63.4 Å². The van der Waals surface area contributed by atoms with Gasteiger partial charge in [0.15, 0.2) is 11.6 Å². The first-order chi connectivity index (χ1) is 10.1. The highest BCUT2D eigenvalue weighted by molar-refractivity contribution is 9.10. The van der Waals surface area contributed by atoms with Crippen molar-refractivity contribution in [2.75, 3.05) is 7.11 Å². The molecule has 0 bridgehead atoms. The van der Waals surface area contributed by atoms with Crippen LogP contribution < -0.4 is 16.0 Å². The Morgan fingerprint density at radius 1 is 1.33 bits per heavy atom. The van der Waals surface area contributed by atoms with Gasteiger partial charge >= 0.3 is 0 Å². The maximum atomic E-state index is 13.8. The Balaban J connectivity index is 2.27. The molecule has 21 heavy (non-hydrogen) atoms. The van der Waals surface area contributed by atoms with Gasteiger partial charge in [0.05, 0.1) is 13.2 Å². The summed E-state index contributed by atoms with van der Waals surface area (Å²) in [6.45, 7) is 2.03. The van der Waals surface area contributed by atoms with Crippen molar-refractivity contribution in [3.63, 3.8) is 0 Å². The number of halogens is 2. The minimum absolute atomic E-state index is 0.0877. The van der Waals surface area contributed by atoms with Crippen LogP contribution in [0.25, 0.3) is 0 Å². The van der Waals surface area contributed by atoms with Crippen LogP contribution >= 0.6 is 15.9 Å². The molecule has 2 aromatic carbocycles. The molecule has 0 aliphatic carbocycles. The van der Waals surface area contributed by atoms with Crippen LogP contribution in [-0.4, -0.2) is 7.11 Å². The zero-order valence-corrected chi connectivity index (χ0v) is 13.6. The van der Waals surface area contributed by atoms with Crippen LogP contribution in [0.3, 0.4) is 0 Å². The number of nitrogens with one attached hydrogen (secondary N) is 1. The first kappa shape index (κ1) is 15.9. The number of rotatable bonds is 5. The zero-order valence-electron chi connectivity index (χ0n) is 12.0. The van der Waals surface area contributed by atoms with E-state index in [1.807, 2.05) is 31.2 Å². The summed E-state index contributed by atoms with van der Waals surface area (Å²) in [5, 5.41) is 0. The van der Waals surface area contributed by atoms with Gasteiger partial charge in [0, 0.05) is 4.47 Å². The quantitative estimate of drug-likeness (QED) is 0.637. The first-order valence-electron chi connectivity index (χ1n) is 6.60. The van der Waals surface area contributed by atoms with E-state index in [1.54, 1.807) is 6.07 Å². The zero-order chi connectivity index (χ0) is 15.4. The molecule has 0 aromatic heterocycles. The molecule has 2 aromatic rings. The highest BCUT2D eigenvalue weighted by Gasteiger charge is 2.15. The van der Waals surface area contributed by atoms with Gasteiger partial charge in [-0.3, -0.25) is 11.3 Å². The summed E-state index contributed by atoms with van der Waals surface area (Å²) in [6.07, 6.45) is 0.592. The molecule has 0 saturated heterocycles. The second kappa shape index (κ2) is 7.02. The van der Waals surface area contributed by atoms with Crippen LogP contribution in [0, 0.1) is 12.7 Å². The molecule has 5 heteroatoms. The summed E-state index contributed by atoms with van der Waals surface area (Å²) in [7, 11) is 1.45. The molecule has 0 saturated carbocycles. The third-order valence-corrected chi connectivity index (χ3v) is 4.40. The number of hydrogen-bond acceptors (Lipinski definition) is 3. The van der Waals surface area contributed by atoms with Gasteiger partial charge in [-0.2, -0.15) is 0 Å². The van der Waals surface area contributed by atoms with Crippen molar-refractivity contribution < 1.29 is 9.13 Å². The molecule has 2 rings (SSSR count). The Kier molecular flexibility index (Phi) is 5.33. The largest absolute Gasteiger partial charge is 0.494 e. The van der Waals surface area contributed by atoms with E-state index < -0.39 is 0 Å². The van der Waals surface area contributed by atoms with E-state index in [4.69, 9.17) is 10.6 Å². The van der Waals surface area contributed by atoms with Crippen LogP contribution in [0.1, 0.15) is 22.7 Å². The molecule has 0 fully saturated rings. The highest BCUT2D eigenvalue weighted by atomic mass is 79.9. The predicted molar refractivity (Wildman–Crippen MR) is 85.6 cm³/mol. The van der Waals surface area contributed by atoms with Crippen molar-refractivity contribution >= 4 is 15.9 Å². The van der Waals surface area contributed by atoms with Gasteiger partial charge < -0.3 is 4.74 Å². The van der Waals surface area contributed by atoms with Crippen molar-refractivity contribution in [3.8, 4) is 5.75 Å². The Labute approximate surface area is 132 Å². The fourth-order valence-corrected chi connectivity index (χ4v) is 2.71. The molecule has 0 radical (unpaired) electrons. The minimum atomic E-state index is -0.364. The number of hydrazine groups is 1.